The van der Waals surface area contributed by atoms with E-state index in [4.69, 9.17) is 16.2 Å². The van der Waals surface area contributed by atoms with E-state index in [1.54, 1.807) is 24.3 Å². The number of anilines is 1. The van der Waals surface area contributed by atoms with Crippen LogP contribution >= 0.6 is 0 Å². The fourth-order valence-electron chi connectivity index (χ4n) is 2.09. The van der Waals surface area contributed by atoms with Gasteiger partial charge in [-0.05, 0) is 11.6 Å². The third-order valence-electron chi connectivity index (χ3n) is 3.16. The Hall–Kier alpha value is -1.64. The van der Waals surface area contributed by atoms with E-state index in [2.05, 4.69) is 0 Å². The number of hydrogen-bond donors (Lipinski definition) is 2. The number of para-hydroxylation sites is 1. The van der Waals surface area contributed by atoms with Crippen LogP contribution < -0.4 is 11.5 Å². The zero-order valence-corrected chi connectivity index (χ0v) is 11.7. The Balaban J connectivity index is 2.25. The van der Waals surface area contributed by atoms with Gasteiger partial charge in [-0.1, -0.05) is 18.2 Å². The zero-order valence-electron chi connectivity index (χ0n) is 10.9. The molecular formula is C12H17N3O4S. The highest BCUT2D eigenvalue weighted by atomic mass is 32.2. The molecule has 1 amide bonds. The largest absolute Gasteiger partial charge is 0.398 e. The lowest BCUT2D eigenvalue weighted by molar-refractivity contribution is -0.125. The predicted octanol–water partition coefficient (Wildman–Crippen LogP) is -0.715. The molecule has 0 spiro atoms. The number of rotatable bonds is 4. The topological polar surface area (TPSA) is 116 Å². The minimum atomic E-state index is -3.68. The second-order valence-electron chi connectivity index (χ2n) is 4.56. The molecule has 1 aromatic rings. The number of hydrogen-bond acceptors (Lipinski definition) is 5. The van der Waals surface area contributed by atoms with Crippen LogP contribution in [0.25, 0.3) is 0 Å². The summed E-state index contributed by atoms with van der Waals surface area (Å²) in [4.78, 5) is 11.3. The molecule has 7 nitrogen and oxygen atoms in total. The van der Waals surface area contributed by atoms with Crippen molar-refractivity contribution < 1.29 is 17.9 Å². The molecule has 1 aromatic carbocycles. The molecule has 0 saturated carbocycles. The molecule has 1 atom stereocenters. The highest BCUT2D eigenvalue weighted by Gasteiger charge is 2.36. The van der Waals surface area contributed by atoms with Crippen molar-refractivity contribution in [3.05, 3.63) is 29.8 Å². The molecule has 0 radical (unpaired) electrons. The maximum absolute atomic E-state index is 12.4. The number of ether oxygens (including phenoxy) is 1. The van der Waals surface area contributed by atoms with E-state index in [0.717, 1.165) is 4.31 Å². The summed E-state index contributed by atoms with van der Waals surface area (Å²) < 4.78 is 31.1. The number of benzene rings is 1. The standard InChI is InChI=1S/C12H17N3O4S/c13-10-4-2-1-3-9(10)8-20(17,18)15-5-6-19-7-11(15)12(14)16/h1-4,11H,5-8,13H2,(H2,14,16). The van der Waals surface area contributed by atoms with Crippen LogP contribution in [-0.2, 0) is 25.3 Å². The van der Waals surface area contributed by atoms with Gasteiger partial charge in [-0.25, -0.2) is 8.42 Å². The van der Waals surface area contributed by atoms with E-state index in [9.17, 15) is 13.2 Å². The Morgan fingerprint density at radius 1 is 1.40 bits per heavy atom. The molecule has 110 valence electrons. The summed E-state index contributed by atoms with van der Waals surface area (Å²) in [6, 6.07) is 5.76. The smallest absolute Gasteiger partial charge is 0.238 e. The summed E-state index contributed by atoms with van der Waals surface area (Å²) in [6.45, 7) is 0.342. The van der Waals surface area contributed by atoms with Crippen molar-refractivity contribution in [2.24, 2.45) is 5.73 Å². The van der Waals surface area contributed by atoms with Gasteiger partial charge in [-0.15, -0.1) is 0 Å². The highest BCUT2D eigenvalue weighted by Crippen LogP contribution is 2.20. The molecule has 1 saturated heterocycles. The number of nitrogen functional groups attached to an aromatic ring is 1. The number of carbonyl (C=O) groups is 1. The third kappa shape index (κ3) is 3.09. The van der Waals surface area contributed by atoms with Crippen molar-refractivity contribution in [1.29, 1.82) is 0 Å². The Bertz CT molecular complexity index is 602. The number of carbonyl (C=O) groups excluding carboxylic acids is 1. The molecule has 1 unspecified atom stereocenters. The van der Waals surface area contributed by atoms with E-state index in [0.29, 0.717) is 11.3 Å². The van der Waals surface area contributed by atoms with Crippen molar-refractivity contribution in [1.82, 2.24) is 4.31 Å². The van der Waals surface area contributed by atoms with Gasteiger partial charge < -0.3 is 16.2 Å². The van der Waals surface area contributed by atoms with Crippen LogP contribution in [0.3, 0.4) is 0 Å². The first-order valence-corrected chi connectivity index (χ1v) is 7.72. The Kier molecular flexibility index (Phi) is 4.26. The van der Waals surface area contributed by atoms with Crippen LogP contribution in [0.4, 0.5) is 5.69 Å². The number of nitrogens with zero attached hydrogens (tertiary/aromatic N) is 1. The van der Waals surface area contributed by atoms with Crippen molar-refractivity contribution >= 4 is 21.6 Å². The fourth-order valence-corrected chi connectivity index (χ4v) is 3.82. The van der Waals surface area contributed by atoms with E-state index in [-0.39, 0.29) is 25.5 Å². The molecule has 1 fully saturated rings. The van der Waals surface area contributed by atoms with E-state index >= 15 is 0 Å². The fraction of sp³-hybridized carbons (Fsp3) is 0.417. The summed E-state index contributed by atoms with van der Waals surface area (Å²) in [5.41, 5.74) is 11.9. The molecule has 4 N–H and O–H groups in total. The molecule has 0 aliphatic carbocycles. The lowest BCUT2D eigenvalue weighted by atomic mass is 10.2. The maximum atomic E-state index is 12.4. The van der Waals surface area contributed by atoms with Gasteiger partial charge in [0.1, 0.15) is 6.04 Å². The summed E-state index contributed by atoms with van der Waals surface area (Å²) in [5, 5.41) is 0. The first kappa shape index (κ1) is 14.8. The SMILES string of the molecule is NC(=O)C1COCCN1S(=O)(=O)Cc1ccccc1N. The van der Waals surface area contributed by atoms with Crippen LogP contribution in [-0.4, -0.2) is 44.4 Å². The highest BCUT2D eigenvalue weighted by molar-refractivity contribution is 7.88. The lowest BCUT2D eigenvalue weighted by Gasteiger charge is -2.32. The molecule has 1 heterocycles. The molecule has 1 aliphatic rings. The van der Waals surface area contributed by atoms with Crippen molar-refractivity contribution in [3.63, 3.8) is 0 Å². The quantitative estimate of drug-likeness (QED) is 0.712. The molecule has 2 rings (SSSR count). The Morgan fingerprint density at radius 2 is 2.10 bits per heavy atom. The lowest BCUT2D eigenvalue weighted by Crippen LogP contribution is -2.54. The van der Waals surface area contributed by atoms with Gasteiger partial charge in [-0.3, -0.25) is 4.79 Å². The minimum Gasteiger partial charge on any atom is -0.398 e. The summed E-state index contributed by atoms with van der Waals surface area (Å²) in [7, 11) is -3.68. The Labute approximate surface area is 117 Å². The van der Waals surface area contributed by atoms with Crippen molar-refractivity contribution in [2.75, 3.05) is 25.5 Å². The average Bonchev–Trinajstić information content (AvgIpc) is 2.41. The van der Waals surface area contributed by atoms with Crippen molar-refractivity contribution in [2.45, 2.75) is 11.8 Å². The summed E-state index contributed by atoms with van der Waals surface area (Å²) in [5.74, 6) is -0.974. The van der Waals surface area contributed by atoms with E-state index in [1.165, 1.54) is 0 Å². The molecule has 20 heavy (non-hydrogen) atoms. The van der Waals surface area contributed by atoms with Gasteiger partial charge in [0.05, 0.1) is 19.0 Å². The number of primary amides is 1. The first-order chi connectivity index (χ1) is 9.42. The average molecular weight is 299 g/mol. The van der Waals surface area contributed by atoms with Gasteiger partial charge in [-0.2, -0.15) is 4.31 Å². The normalized spacial score (nSPS) is 20.7. The molecule has 1 aliphatic heterocycles. The third-order valence-corrected chi connectivity index (χ3v) is 4.99. The predicted molar refractivity (Wildman–Crippen MR) is 74.0 cm³/mol. The summed E-state index contributed by atoms with van der Waals surface area (Å²) in [6.07, 6.45) is 0. The van der Waals surface area contributed by atoms with Crippen LogP contribution in [0.5, 0.6) is 0 Å². The van der Waals surface area contributed by atoms with Crippen molar-refractivity contribution in [3.8, 4) is 0 Å². The van der Waals surface area contributed by atoms with Crippen LogP contribution in [0.1, 0.15) is 5.56 Å². The van der Waals surface area contributed by atoms with E-state index < -0.39 is 22.0 Å². The molecule has 0 bridgehead atoms. The van der Waals surface area contributed by atoms with Gasteiger partial charge in [0, 0.05) is 12.2 Å². The monoisotopic (exact) mass is 299 g/mol. The minimum absolute atomic E-state index is 0.0150. The second kappa shape index (κ2) is 5.78. The number of amides is 1. The molecule has 8 heteroatoms. The summed E-state index contributed by atoms with van der Waals surface area (Å²) >= 11 is 0. The zero-order chi connectivity index (χ0) is 14.8. The second-order valence-corrected chi connectivity index (χ2v) is 6.48. The Morgan fingerprint density at radius 3 is 2.75 bits per heavy atom. The number of sulfonamides is 1. The molecular weight excluding hydrogens is 282 g/mol. The van der Waals surface area contributed by atoms with Gasteiger partial charge >= 0.3 is 0 Å². The van der Waals surface area contributed by atoms with Gasteiger partial charge in [0.25, 0.3) is 0 Å². The first-order valence-electron chi connectivity index (χ1n) is 6.12. The number of nitrogens with two attached hydrogens (primary N) is 2. The molecule has 0 aromatic heterocycles. The van der Waals surface area contributed by atoms with Gasteiger partial charge in [0.15, 0.2) is 0 Å². The van der Waals surface area contributed by atoms with Crippen LogP contribution in [0.15, 0.2) is 24.3 Å². The van der Waals surface area contributed by atoms with Gasteiger partial charge in [0.2, 0.25) is 15.9 Å². The maximum Gasteiger partial charge on any atom is 0.238 e. The van der Waals surface area contributed by atoms with Crippen LogP contribution in [0, 0.1) is 0 Å². The number of morpholine rings is 1. The van der Waals surface area contributed by atoms with E-state index in [1.807, 2.05) is 0 Å². The van der Waals surface area contributed by atoms with Crippen LogP contribution in [0.2, 0.25) is 0 Å².